The highest BCUT2D eigenvalue weighted by Gasteiger charge is 2.24. The first kappa shape index (κ1) is 28.9. The predicted molar refractivity (Wildman–Crippen MR) is 154 cm³/mol. The van der Waals surface area contributed by atoms with Crippen LogP contribution in [-0.4, -0.2) is 58.1 Å². The Kier molecular flexibility index (Phi) is 9.05. The number of carboxylic acid groups (broad SMARTS) is 1. The molecular weight excluding hydrogens is 528 g/mol. The third kappa shape index (κ3) is 6.73. The number of rotatable bonds is 13. The lowest BCUT2D eigenvalue weighted by Crippen LogP contribution is -2.19. The van der Waals surface area contributed by atoms with Gasteiger partial charge in [0.2, 0.25) is 0 Å². The van der Waals surface area contributed by atoms with Crippen LogP contribution in [0.5, 0.6) is 11.5 Å². The average Bonchev–Trinajstić information content (AvgIpc) is 3.34. The second-order valence-corrected chi connectivity index (χ2v) is 9.14. The number of aromatic carboxylic acids is 1. The number of nitrogens with zero attached hydrogens (tertiary/aromatic N) is 2. The maximum Gasteiger partial charge on any atom is 0.348 e. The van der Waals surface area contributed by atoms with Crippen molar-refractivity contribution in [1.82, 2.24) is 14.8 Å². The highest BCUT2D eigenvalue weighted by atomic mass is 16.5. The Morgan fingerprint density at radius 3 is 2.54 bits per heavy atom. The number of carbonyl (C=O) groups is 1. The number of methoxy groups -OCH3 is 1. The molecule has 0 saturated heterocycles. The molecule has 1 aromatic heterocycles. The van der Waals surface area contributed by atoms with Gasteiger partial charge in [-0.15, -0.1) is 5.10 Å². The molecule has 0 aliphatic heterocycles. The molecule has 0 saturated carbocycles. The summed E-state index contributed by atoms with van der Waals surface area (Å²) in [6.45, 7) is 4.53. The van der Waals surface area contributed by atoms with Crippen molar-refractivity contribution < 1.29 is 24.1 Å². The van der Waals surface area contributed by atoms with Gasteiger partial charge in [-0.1, -0.05) is 18.2 Å². The first-order chi connectivity index (χ1) is 19.7. The lowest BCUT2D eigenvalue weighted by molar-refractivity contribution is 0.0696. The van der Waals surface area contributed by atoms with Crippen LogP contribution in [0.15, 0.2) is 71.5 Å². The van der Waals surface area contributed by atoms with Gasteiger partial charge in [0.1, 0.15) is 18.0 Å². The quantitative estimate of drug-likeness (QED) is 0.121. The third-order valence-electron chi connectivity index (χ3n) is 6.11. The van der Waals surface area contributed by atoms with E-state index >= 15 is 0 Å². The van der Waals surface area contributed by atoms with E-state index in [2.05, 4.69) is 15.4 Å². The van der Waals surface area contributed by atoms with Gasteiger partial charge in [0.25, 0.3) is 0 Å². The number of anilines is 1. The van der Waals surface area contributed by atoms with E-state index in [1.165, 1.54) is 12.1 Å². The molecule has 0 fully saturated rings. The summed E-state index contributed by atoms with van der Waals surface area (Å²) < 4.78 is 18.1. The number of nitrogens with one attached hydrogen (secondary N) is 3. The van der Waals surface area contributed by atoms with E-state index in [1.54, 1.807) is 55.6 Å². The molecule has 0 aliphatic carbocycles. The fourth-order valence-electron chi connectivity index (χ4n) is 4.25. The van der Waals surface area contributed by atoms with Crippen molar-refractivity contribution in [3.05, 3.63) is 99.7 Å². The van der Waals surface area contributed by atoms with Crippen molar-refractivity contribution in [2.45, 2.75) is 26.0 Å². The van der Waals surface area contributed by atoms with Gasteiger partial charge < -0.3 is 30.4 Å². The molecule has 4 rings (SSSR count). The Hall–Kier alpha value is -5.10. The van der Waals surface area contributed by atoms with Crippen LogP contribution in [-0.2, 0) is 4.74 Å². The van der Waals surface area contributed by atoms with Gasteiger partial charge in [0, 0.05) is 18.4 Å². The molecule has 12 nitrogen and oxygen atoms in total. The normalized spacial score (nSPS) is 12.4. The minimum atomic E-state index is -1.18. The van der Waals surface area contributed by atoms with Crippen LogP contribution in [0.3, 0.4) is 0 Å². The smallest absolute Gasteiger partial charge is 0.348 e. The Morgan fingerprint density at radius 2 is 1.88 bits per heavy atom. The van der Waals surface area contributed by atoms with Crippen LogP contribution < -0.4 is 26.2 Å². The van der Waals surface area contributed by atoms with Crippen LogP contribution >= 0.6 is 0 Å². The second-order valence-electron chi connectivity index (χ2n) is 9.14. The zero-order valence-corrected chi connectivity index (χ0v) is 22.9. The maximum absolute atomic E-state index is 13.1. The van der Waals surface area contributed by atoms with Crippen LogP contribution in [0.2, 0.25) is 0 Å². The van der Waals surface area contributed by atoms with Crippen molar-refractivity contribution in [3.8, 4) is 17.2 Å². The summed E-state index contributed by atoms with van der Waals surface area (Å²) in [5, 5.41) is 25.2. The molecule has 2 atom stereocenters. The lowest BCUT2D eigenvalue weighted by Gasteiger charge is -2.21. The minimum Gasteiger partial charge on any atom is -0.490 e. The molecule has 214 valence electrons. The van der Waals surface area contributed by atoms with Gasteiger partial charge in [-0.25, -0.2) is 9.59 Å². The van der Waals surface area contributed by atoms with Crippen LogP contribution in [0, 0.1) is 5.41 Å². The molecule has 12 heteroatoms. The highest BCUT2D eigenvalue weighted by molar-refractivity contribution is 5.95. The monoisotopic (exact) mass is 560 g/mol. The number of hydrogen-bond acceptors (Lipinski definition) is 8. The number of nitrogen functional groups attached to an aromatic ring is 1. The van der Waals surface area contributed by atoms with Crippen molar-refractivity contribution >= 4 is 17.5 Å². The summed E-state index contributed by atoms with van der Waals surface area (Å²) in [7, 11) is 1.60. The molecule has 0 amide bonds. The molecule has 0 radical (unpaired) electrons. The number of benzene rings is 3. The van der Waals surface area contributed by atoms with Gasteiger partial charge in [0.15, 0.2) is 17.3 Å². The molecule has 4 aromatic rings. The molecule has 0 bridgehead atoms. The number of ether oxygens (including phenoxy) is 3. The largest absolute Gasteiger partial charge is 0.490 e. The summed E-state index contributed by atoms with van der Waals surface area (Å²) in [4.78, 5) is 27.6. The summed E-state index contributed by atoms with van der Waals surface area (Å²) in [5.74, 6) is 0.00311. The Labute approximate surface area is 236 Å². The number of para-hydroxylation sites is 1. The first-order valence-electron chi connectivity index (χ1n) is 12.9. The molecule has 1 heterocycles. The van der Waals surface area contributed by atoms with Crippen LogP contribution in [0.4, 0.5) is 5.69 Å². The van der Waals surface area contributed by atoms with E-state index in [4.69, 9.17) is 25.4 Å². The second kappa shape index (κ2) is 12.8. The molecule has 41 heavy (non-hydrogen) atoms. The van der Waals surface area contributed by atoms with E-state index in [1.807, 2.05) is 19.9 Å². The van der Waals surface area contributed by atoms with Crippen molar-refractivity contribution in [2.75, 3.05) is 25.6 Å². The van der Waals surface area contributed by atoms with Crippen LogP contribution in [0.25, 0.3) is 5.69 Å². The van der Waals surface area contributed by atoms with Gasteiger partial charge in [-0.2, -0.15) is 4.68 Å². The summed E-state index contributed by atoms with van der Waals surface area (Å²) >= 11 is 0. The zero-order chi connectivity index (χ0) is 29.5. The molecule has 3 aromatic carbocycles. The SMILES string of the molecule is CCOc1cc(C(Nc2ccc(C(=N)N)cc2)c2nn(-c3ccccc3C(=O)O)c(=O)[nH]2)ccc1OC(C)COC. The van der Waals surface area contributed by atoms with Gasteiger partial charge in [-0.05, 0) is 67.9 Å². The summed E-state index contributed by atoms with van der Waals surface area (Å²) in [6, 6.07) is 17.7. The number of aromatic amines is 1. The molecular formula is C29H32N6O6. The number of H-pyrrole nitrogens is 1. The molecule has 6 N–H and O–H groups in total. The predicted octanol–water partition coefficient (Wildman–Crippen LogP) is 3.56. The highest BCUT2D eigenvalue weighted by Crippen LogP contribution is 2.34. The number of nitrogens with two attached hydrogens (primary N) is 1. The standard InChI is InChI=1S/C29H32N6O6/c1-4-40-24-15-19(11-14-23(24)41-17(2)16-39-3)25(32-20-12-9-18(10-13-20)26(30)31)27-33-29(38)35(34-27)22-8-6-5-7-21(22)28(36)37/h5-15,17,25,32H,4,16H2,1-3H3,(H3,30,31)(H,36,37)(H,33,34,38). The van der Waals surface area contributed by atoms with Crippen molar-refractivity contribution in [3.63, 3.8) is 0 Å². The molecule has 2 unspecified atom stereocenters. The number of amidine groups is 1. The number of aromatic nitrogens is 3. The number of hydrogen-bond donors (Lipinski definition) is 5. The topological polar surface area (TPSA) is 178 Å². The maximum atomic E-state index is 13.1. The Balaban J connectivity index is 1.80. The fraction of sp³-hybridized carbons (Fsp3) is 0.241. The van der Waals surface area contributed by atoms with Gasteiger partial charge >= 0.3 is 11.7 Å². The third-order valence-corrected chi connectivity index (χ3v) is 6.11. The first-order valence-corrected chi connectivity index (χ1v) is 12.9. The van der Waals surface area contributed by atoms with Crippen molar-refractivity contribution in [2.24, 2.45) is 5.73 Å². The average molecular weight is 561 g/mol. The summed E-state index contributed by atoms with van der Waals surface area (Å²) in [6.07, 6.45) is -0.222. The number of carboxylic acids is 1. The van der Waals surface area contributed by atoms with E-state index in [9.17, 15) is 14.7 Å². The van der Waals surface area contributed by atoms with E-state index in [-0.39, 0.29) is 29.0 Å². The molecule has 0 aliphatic rings. The van der Waals surface area contributed by atoms with Crippen molar-refractivity contribution in [1.29, 1.82) is 5.41 Å². The Bertz CT molecular complexity index is 1580. The van der Waals surface area contributed by atoms with Gasteiger partial charge in [0.05, 0.1) is 24.5 Å². The lowest BCUT2D eigenvalue weighted by atomic mass is 10.0. The fourth-order valence-corrected chi connectivity index (χ4v) is 4.25. The summed E-state index contributed by atoms with van der Waals surface area (Å²) in [5.41, 5.74) is 6.96. The van der Waals surface area contributed by atoms with Crippen LogP contribution in [0.1, 0.15) is 47.2 Å². The zero-order valence-electron chi connectivity index (χ0n) is 22.9. The van der Waals surface area contributed by atoms with E-state index in [0.29, 0.717) is 41.5 Å². The van der Waals surface area contributed by atoms with E-state index < -0.39 is 17.7 Å². The Morgan fingerprint density at radius 1 is 1.15 bits per heavy atom. The van der Waals surface area contributed by atoms with E-state index in [0.717, 1.165) is 4.68 Å². The minimum absolute atomic E-state index is 0.0621. The van der Waals surface area contributed by atoms with Gasteiger partial charge in [-0.3, -0.25) is 10.4 Å². The molecule has 0 spiro atoms.